The molecule has 0 radical (unpaired) electrons. The van der Waals surface area contributed by atoms with Crippen molar-refractivity contribution in [3.05, 3.63) is 53.9 Å². The standard InChI is InChI=1S/C25H36N4O5S/c1-6-35(31,32)27-20-10-11-23-22(13-20)25(30)28(4)16-24(33-5)18(2)14-29(19(3)17-34-23)15-21-9-7-8-12-26-21/h7-13,18-19,24,27H,6,14-17H2,1-5H3/t18-,19+,24-/m0/s1. The molecule has 1 aliphatic rings. The third-order valence-electron chi connectivity index (χ3n) is 6.32. The number of likely N-dealkylation sites (N-methyl/N-ethyl adjacent to an activating group) is 1. The Bertz CT molecular complexity index is 1100. The van der Waals surface area contributed by atoms with Crippen molar-refractivity contribution in [2.24, 2.45) is 5.92 Å². The average Bonchev–Trinajstić information content (AvgIpc) is 2.85. The number of anilines is 1. The van der Waals surface area contributed by atoms with Crippen molar-refractivity contribution in [2.75, 3.05) is 44.3 Å². The molecule has 3 rings (SSSR count). The highest BCUT2D eigenvalue weighted by molar-refractivity contribution is 7.92. The van der Waals surface area contributed by atoms with E-state index in [2.05, 4.69) is 28.5 Å². The van der Waals surface area contributed by atoms with E-state index in [1.807, 2.05) is 18.2 Å². The van der Waals surface area contributed by atoms with Gasteiger partial charge in [-0.15, -0.1) is 0 Å². The van der Waals surface area contributed by atoms with E-state index in [-0.39, 0.29) is 29.7 Å². The second kappa shape index (κ2) is 11.8. The largest absolute Gasteiger partial charge is 0.491 e. The lowest BCUT2D eigenvalue weighted by Gasteiger charge is -2.35. The molecule has 9 nitrogen and oxygen atoms in total. The van der Waals surface area contributed by atoms with Crippen LogP contribution in [-0.4, -0.2) is 80.9 Å². The fourth-order valence-electron chi connectivity index (χ4n) is 4.09. The molecule has 1 aromatic carbocycles. The zero-order valence-electron chi connectivity index (χ0n) is 21.1. The number of hydrogen-bond donors (Lipinski definition) is 1. The molecule has 1 amide bonds. The molecular weight excluding hydrogens is 468 g/mol. The van der Waals surface area contributed by atoms with Crippen molar-refractivity contribution in [1.82, 2.24) is 14.8 Å². The number of hydrogen-bond acceptors (Lipinski definition) is 7. The number of methoxy groups -OCH3 is 1. The van der Waals surface area contributed by atoms with Crippen LogP contribution in [0.15, 0.2) is 42.6 Å². The van der Waals surface area contributed by atoms with Gasteiger partial charge < -0.3 is 14.4 Å². The van der Waals surface area contributed by atoms with E-state index in [1.165, 1.54) is 6.07 Å². The molecule has 1 N–H and O–H groups in total. The van der Waals surface area contributed by atoms with Crippen LogP contribution in [0.1, 0.15) is 36.8 Å². The van der Waals surface area contributed by atoms with Crippen molar-refractivity contribution >= 4 is 21.6 Å². The van der Waals surface area contributed by atoms with Gasteiger partial charge in [0.2, 0.25) is 10.0 Å². The smallest absolute Gasteiger partial charge is 0.257 e. The molecule has 0 saturated carbocycles. The Labute approximate surface area is 208 Å². The third-order valence-corrected chi connectivity index (χ3v) is 7.63. The predicted octanol–water partition coefficient (Wildman–Crippen LogP) is 2.85. The molecule has 0 bridgehead atoms. The molecular formula is C25H36N4O5S. The quantitative estimate of drug-likeness (QED) is 0.646. The number of carbonyl (C=O) groups is 1. The molecule has 1 aromatic heterocycles. The first kappa shape index (κ1) is 26.9. The van der Waals surface area contributed by atoms with Gasteiger partial charge in [-0.3, -0.25) is 19.4 Å². The highest BCUT2D eigenvalue weighted by Gasteiger charge is 2.28. The van der Waals surface area contributed by atoms with Crippen molar-refractivity contribution in [1.29, 1.82) is 0 Å². The van der Waals surface area contributed by atoms with Crippen LogP contribution < -0.4 is 9.46 Å². The number of amides is 1. The summed E-state index contributed by atoms with van der Waals surface area (Å²) in [6, 6.07) is 10.7. The number of benzene rings is 1. The second-order valence-corrected chi connectivity index (χ2v) is 11.1. The van der Waals surface area contributed by atoms with Gasteiger partial charge in [0.1, 0.15) is 12.4 Å². The molecule has 2 heterocycles. The van der Waals surface area contributed by atoms with Gasteiger partial charge in [-0.1, -0.05) is 13.0 Å². The summed E-state index contributed by atoms with van der Waals surface area (Å²) >= 11 is 0. The van der Waals surface area contributed by atoms with Crippen LogP contribution in [0, 0.1) is 5.92 Å². The van der Waals surface area contributed by atoms with E-state index >= 15 is 0 Å². The Hall–Kier alpha value is -2.69. The number of sulfonamides is 1. The first-order valence-electron chi connectivity index (χ1n) is 11.8. The monoisotopic (exact) mass is 504 g/mol. The average molecular weight is 505 g/mol. The number of pyridine rings is 1. The lowest BCUT2D eigenvalue weighted by molar-refractivity contribution is 0.00901. The Morgan fingerprint density at radius 3 is 2.63 bits per heavy atom. The van der Waals surface area contributed by atoms with E-state index in [1.54, 1.807) is 44.3 Å². The highest BCUT2D eigenvalue weighted by Crippen LogP contribution is 2.27. The minimum atomic E-state index is -3.48. The molecule has 2 aromatic rings. The minimum Gasteiger partial charge on any atom is -0.491 e. The van der Waals surface area contributed by atoms with Gasteiger partial charge in [-0.05, 0) is 50.1 Å². The van der Waals surface area contributed by atoms with Crippen LogP contribution in [0.3, 0.4) is 0 Å². The fourth-order valence-corrected chi connectivity index (χ4v) is 4.72. The number of ether oxygens (including phenoxy) is 2. The van der Waals surface area contributed by atoms with E-state index in [0.717, 1.165) is 12.2 Å². The van der Waals surface area contributed by atoms with Gasteiger partial charge in [-0.2, -0.15) is 0 Å². The first-order chi connectivity index (χ1) is 16.6. The molecule has 192 valence electrons. The van der Waals surface area contributed by atoms with Crippen LogP contribution in [0.25, 0.3) is 0 Å². The van der Waals surface area contributed by atoms with Gasteiger partial charge in [0.15, 0.2) is 0 Å². The number of carbonyl (C=O) groups excluding carboxylic acids is 1. The summed E-state index contributed by atoms with van der Waals surface area (Å²) in [6.07, 6.45) is 1.60. The molecule has 0 fully saturated rings. The maximum Gasteiger partial charge on any atom is 0.257 e. The summed E-state index contributed by atoms with van der Waals surface area (Å²) in [5.41, 5.74) is 1.59. The summed E-state index contributed by atoms with van der Waals surface area (Å²) in [5, 5.41) is 0. The molecule has 1 aliphatic heterocycles. The van der Waals surface area contributed by atoms with E-state index in [4.69, 9.17) is 9.47 Å². The van der Waals surface area contributed by atoms with Crippen molar-refractivity contribution < 1.29 is 22.7 Å². The van der Waals surface area contributed by atoms with Crippen LogP contribution >= 0.6 is 0 Å². The van der Waals surface area contributed by atoms with Gasteiger partial charge in [0.25, 0.3) is 5.91 Å². The van der Waals surface area contributed by atoms with Gasteiger partial charge in [0, 0.05) is 51.7 Å². The topological polar surface area (TPSA) is 101 Å². The number of fused-ring (bicyclic) bond motifs is 1. The summed E-state index contributed by atoms with van der Waals surface area (Å²) in [5.74, 6) is 0.216. The molecule has 35 heavy (non-hydrogen) atoms. The van der Waals surface area contributed by atoms with E-state index in [0.29, 0.717) is 36.7 Å². The van der Waals surface area contributed by atoms with Crippen LogP contribution in [0.5, 0.6) is 5.75 Å². The van der Waals surface area contributed by atoms with Gasteiger partial charge >= 0.3 is 0 Å². The lowest BCUT2D eigenvalue weighted by Crippen LogP contribution is -2.46. The summed E-state index contributed by atoms with van der Waals surface area (Å²) < 4.78 is 38.6. The maximum atomic E-state index is 13.4. The SMILES string of the molecule is CCS(=O)(=O)Nc1ccc2c(c1)C(=O)N(C)C[C@H](OC)[C@@H](C)CN(Cc1ccccn1)[C@H](C)CO2. The van der Waals surface area contributed by atoms with E-state index < -0.39 is 10.0 Å². The molecule has 0 unspecified atom stereocenters. The first-order valence-corrected chi connectivity index (χ1v) is 13.5. The minimum absolute atomic E-state index is 0.0235. The predicted molar refractivity (Wildman–Crippen MR) is 136 cm³/mol. The molecule has 0 spiro atoms. The van der Waals surface area contributed by atoms with Crippen LogP contribution in [0.2, 0.25) is 0 Å². The molecule has 3 atom stereocenters. The normalized spacial score (nSPS) is 22.5. The third kappa shape index (κ3) is 7.16. The number of nitrogens with one attached hydrogen (secondary N) is 1. The molecule has 0 saturated heterocycles. The van der Waals surface area contributed by atoms with Crippen molar-refractivity contribution in [3.63, 3.8) is 0 Å². The fraction of sp³-hybridized carbons (Fsp3) is 0.520. The summed E-state index contributed by atoms with van der Waals surface area (Å²) in [7, 11) is -0.109. The highest BCUT2D eigenvalue weighted by atomic mass is 32.2. The van der Waals surface area contributed by atoms with Gasteiger partial charge in [0.05, 0.1) is 23.1 Å². The Balaban J connectivity index is 1.95. The zero-order valence-corrected chi connectivity index (χ0v) is 21.9. The molecule has 0 aliphatic carbocycles. The van der Waals surface area contributed by atoms with Crippen LogP contribution in [0.4, 0.5) is 5.69 Å². The van der Waals surface area contributed by atoms with Crippen molar-refractivity contribution in [2.45, 2.75) is 39.5 Å². The maximum absolute atomic E-state index is 13.4. The Morgan fingerprint density at radius 1 is 1.20 bits per heavy atom. The van der Waals surface area contributed by atoms with Gasteiger partial charge in [-0.25, -0.2) is 8.42 Å². The Morgan fingerprint density at radius 2 is 1.97 bits per heavy atom. The number of nitrogens with zero attached hydrogens (tertiary/aromatic N) is 3. The zero-order chi connectivity index (χ0) is 25.6. The number of rotatable bonds is 6. The van der Waals surface area contributed by atoms with Crippen LogP contribution in [-0.2, 0) is 21.3 Å². The lowest BCUT2D eigenvalue weighted by atomic mass is 10.0. The summed E-state index contributed by atoms with van der Waals surface area (Å²) in [6.45, 7) is 7.89. The summed E-state index contributed by atoms with van der Waals surface area (Å²) in [4.78, 5) is 21.8. The Kier molecular flexibility index (Phi) is 9.09. The number of aromatic nitrogens is 1. The second-order valence-electron chi connectivity index (χ2n) is 9.06. The van der Waals surface area contributed by atoms with Crippen molar-refractivity contribution in [3.8, 4) is 5.75 Å². The van der Waals surface area contributed by atoms with E-state index in [9.17, 15) is 13.2 Å². The molecule has 10 heteroatoms.